The Morgan fingerprint density at radius 3 is 2.56 bits per heavy atom. The van der Waals surface area contributed by atoms with Crippen molar-refractivity contribution in [3.8, 4) is 5.75 Å². The van der Waals surface area contributed by atoms with Crippen molar-refractivity contribution in [3.63, 3.8) is 0 Å². The molecule has 4 rings (SSSR count). The zero-order chi connectivity index (χ0) is 18.8. The number of carbonyl (C=O) groups excluding carboxylic acids is 1. The van der Waals surface area contributed by atoms with Crippen LogP contribution in [0.2, 0.25) is 0 Å². The van der Waals surface area contributed by atoms with Crippen molar-refractivity contribution < 1.29 is 22.7 Å². The summed E-state index contributed by atoms with van der Waals surface area (Å²) in [5.41, 5.74) is 2.03. The van der Waals surface area contributed by atoms with Gasteiger partial charge in [0.25, 0.3) is 5.91 Å². The lowest BCUT2D eigenvalue weighted by molar-refractivity contribution is -0.0498. The number of ether oxygens (including phenoxy) is 1. The van der Waals surface area contributed by atoms with Gasteiger partial charge < -0.3 is 19.4 Å². The minimum Gasteiger partial charge on any atom is -0.467 e. The monoisotopic (exact) mass is 370 g/mol. The molecule has 2 aromatic carbocycles. The summed E-state index contributed by atoms with van der Waals surface area (Å²) in [7, 11) is 0. The van der Waals surface area contributed by atoms with Crippen LogP contribution in [-0.2, 0) is 6.54 Å². The summed E-state index contributed by atoms with van der Waals surface area (Å²) in [6, 6.07) is 17.0. The number of hydrogen-bond donors (Lipinski definition) is 1. The number of hydrogen-bond acceptors (Lipinski definition) is 4. The summed E-state index contributed by atoms with van der Waals surface area (Å²) in [6.45, 7) is -2.61. The van der Waals surface area contributed by atoms with Gasteiger partial charge in [0, 0.05) is 5.69 Å². The fourth-order valence-corrected chi connectivity index (χ4v) is 3.12. The number of fused-ring (bicyclic) bond motifs is 1. The molecule has 5 nitrogen and oxygen atoms in total. The molecule has 0 bridgehead atoms. The van der Waals surface area contributed by atoms with Gasteiger partial charge in [-0.3, -0.25) is 4.79 Å². The number of nitrogens with zero attached hydrogens (tertiary/aromatic N) is 1. The molecule has 0 unspecified atom stereocenters. The number of carbonyl (C=O) groups is 1. The van der Waals surface area contributed by atoms with Crippen LogP contribution in [0.1, 0.15) is 27.8 Å². The smallest absolute Gasteiger partial charge is 0.387 e. The molecule has 7 heteroatoms. The lowest BCUT2D eigenvalue weighted by Gasteiger charge is -2.37. The standard InChI is InChI=1S/C20H16F2N2O3/c21-20(22)27-14-9-7-13(8-10-14)18-23-17-6-2-1-5-16(17)19(25)24(18)12-15-4-3-11-26-15/h1-11,18,20,23H,12H2/t18-/m0/s1. The van der Waals surface area contributed by atoms with Crippen LogP contribution in [0, 0.1) is 0 Å². The van der Waals surface area contributed by atoms with E-state index in [4.69, 9.17) is 4.42 Å². The Morgan fingerprint density at radius 2 is 1.85 bits per heavy atom. The van der Waals surface area contributed by atoms with E-state index in [0.29, 0.717) is 11.3 Å². The molecular formula is C20H16F2N2O3. The fraction of sp³-hybridized carbons (Fsp3) is 0.150. The molecule has 1 atom stereocenters. The highest BCUT2D eigenvalue weighted by Crippen LogP contribution is 2.34. The predicted molar refractivity (Wildman–Crippen MR) is 94.5 cm³/mol. The average Bonchev–Trinajstić information content (AvgIpc) is 3.17. The molecule has 0 fully saturated rings. The zero-order valence-electron chi connectivity index (χ0n) is 14.1. The van der Waals surface area contributed by atoms with Crippen LogP contribution < -0.4 is 10.1 Å². The molecule has 0 saturated carbocycles. The topological polar surface area (TPSA) is 54.7 Å². The van der Waals surface area contributed by atoms with E-state index in [-0.39, 0.29) is 18.2 Å². The third kappa shape index (κ3) is 3.48. The first-order chi connectivity index (χ1) is 13.1. The Balaban J connectivity index is 1.68. The molecule has 1 aliphatic rings. The molecular weight excluding hydrogens is 354 g/mol. The molecule has 1 aliphatic heterocycles. The Bertz CT molecular complexity index is 927. The summed E-state index contributed by atoms with van der Waals surface area (Å²) in [5, 5.41) is 3.34. The summed E-state index contributed by atoms with van der Waals surface area (Å²) in [6.07, 6.45) is 1.08. The number of nitrogens with one attached hydrogen (secondary N) is 1. The van der Waals surface area contributed by atoms with E-state index >= 15 is 0 Å². The van der Waals surface area contributed by atoms with Gasteiger partial charge >= 0.3 is 6.61 Å². The van der Waals surface area contributed by atoms with Crippen LogP contribution in [0.15, 0.2) is 71.3 Å². The minimum absolute atomic E-state index is 0.0638. The van der Waals surface area contributed by atoms with Crippen LogP contribution in [-0.4, -0.2) is 17.4 Å². The van der Waals surface area contributed by atoms with Gasteiger partial charge in [-0.25, -0.2) is 0 Å². The van der Waals surface area contributed by atoms with E-state index in [9.17, 15) is 13.6 Å². The first-order valence-electron chi connectivity index (χ1n) is 8.35. The number of anilines is 1. The SMILES string of the molecule is O=C1c2ccccc2N[C@H](c2ccc(OC(F)F)cc2)N1Cc1ccco1. The zero-order valence-corrected chi connectivity index (χ0v) is 14.1. The molecule has 0 aliphatic carbocycles. The largest absolute Gasteiger partial charge is 0.467 e. The van der Waals surface area contributed by atoms with Crippen LogP contribution in [0.3, 0.4) is 0 Å². The van der Waals surface area contributed by atoms with E-state index in [0.717, 1.165) is 11.3 Å². The molecule has 138 valence electrons. The number of halogens is 2. The number of amides is 1. The van der Waals surface area contributed by atoms with Crippen molar-refractivity contribution in [2.45, 2.75) is 19.3 Å². The van der Waals surface area contributed by atoms with Crippen molar-refractivity contribution in [1.82, 2.24) is 4.90 Å². The van der Waals surface area contributed by atoms with Crippen molar-refractivity contribution in [2.75, 3.05) is 5.32 Å². The Labute approximate surface area is 154 Å². The number of rotatable bonds is 5. The summed E-state index contributed by atoms with van der Waals surface area (Å²) < 4.78 is 34.5. The lowest BCUT2D eigenvalue weighted by Crippen LogP contribution is -2.42. The first kappa shape index (κ1) is 17.1. The quantitative estimate of drug-likeness (QED) is 0.710. The van der Waals surface area contributed by atoms with Crippen molar-refractivity contribution >= 4 is 11.6 Å². The number of para-hydroxylation sites is 1. The van der Waals surface area contributed by atoms with Crippen LogP contribution in [0.4, 0.5) is 14.5 Å². The second-order valence-electron chi connectivity index (χ2n) is 6.05. The maximum Gasteiger partial charge on any atom is 0.387 e. The Morgan fingerprint density at radius 1 is 1.07 bits per heavy atom. The summed E-state index contributed by atoms with van der Waals surface area (Å²) in [5.74, 6) is 0.569. The number of alkyl halides is 2. The molecule has 3 aromatic rings. The molecule has 0 saturated heterocycles. The van der Waals surface area contributed by atoms with Crippen molar-refractivity contribution in [3.05, 3.63) is 83.8 Å². The highest BCUT2D eigenvalue weighted by atomic mass is 19.3. The second kappa shape index (κ2) is 7.11. The van der Waals surface area contributed by atoms with Gasteiger partial charge in [-0.1, -0.05) is 24.3 Å². The minimum atomic E-state index is -2.88. The number of benzene rings is 2. The van der Waals surface area contributed by atoms with E-state index < -0.39 is 12.8 Å². The maximum atomic E-state index is 13.1. The Kier molecular flexibility index (Phi) is 4.50. The third-order valence-corrected chi connectivity index (χ3v) is 4.35. The second-order valence-corrected chi connectivity index (χ2v) is 6.05. The molecule has 0 spiro atoms. The number of furan rings is 1. The van der Waals surface area contributed by atoms with Gasteiger partial charge in [-0.2, -0.15) is 8.78 Å². The Hall–Kier alpha value is -3.35. The van der Waals surface area contributed by atoms with Crippen molar-refractivity contribution in [1.29, 1.82) is 0 Å². The molecule has 1 N–H and O–H groups in total. The van der Waals surface area contributed by atoms with Gasteiger partial charge in [-0.15, -0.1) is 0 Å². The van der Waals surface area contributed by atoms with Crippen LogP contribution >= 0.6 is 0 Å². The van der Waals surface area contributed by atoms with Gasteiger partial charge in [0.15, 0.2) is 0 Å². The van der Waals surface area contributed by atoms with E-state index in [1.807, 2.05) is 12.1 Å². The van der Waals surface area contributed by atoms with E-state index in [1.165, 1.54) is 12.1 Å². The van der Waals surface area contributed by atoms with Crippen LogP contribution in [0.5, 0.6) is 5.75 Å². The first-order valence-corrected chi connectivity index (χ1v) is 8.35. The summed E-state index contributed by atoms with van der Waals surface area (Å²) in [4.78, 5) is 14.7. The molecule has 0 radical (unpaired) electrons. The normalized spacial score (nSPS) is 16.2. The van der Waals surface area contributed by atoms with E-state index in [1.54, 1.807) is 47.6 Å². The summed E-state index contributed by atoms with van der Waals surface area (Å²) >= 11 is 0. The van der Waals surface area contributed by atoms with Crippen molar-refractivity contribution in [2.24, 2.45) is 0 Å². The lowest BCUT2D eigenvalue weighted by atomic mass is 10.0. The molecule has 2 heterocycles. The highest BCUT2D eigenvalue weighted by molar-refractivity contribution is 6.01. The molecule has 1 amide bonds. The maximum absolute atomic E-state index is 13.1. The van der Waals surface area contributed by atoms with Gasteiger partial charge in [0.1, 0.15) is 17.7 Å². The fourth-order valence-electron chi connectivity index (χ4n) is 3.12. The molecule has 27 heavy (non-hydrogen) atoms. The predicted octanol–water partition coefficient (Wildman–Crippen LogP) is 4.65. The van der Waals surface area contributed by atoms with Gasteiger partial charge in [-0.05, 0) is 42.0 Å². The van der Waals surface area contributed by atoms with E-state index in [2.05, 4.69) is 10.1 Å². The van der Waals surface area contributed by atoms with Gasteiger partial charge in [0.05, 0.1) is 18.4 Å². The van der Waals surface area contributed by atoms with Gasteiger partial charge in [0.2, 0.25) is 0 Å². The van der Waals surface area contributed by atoms with Crippen LogP contribution in [0.25, 0.3) is 0 Å². The third-order valence-electron chi connectivity index (χ3n) is 4.35. The average molecular weight is 370 g/mol. The molecule has 1 aromatic heterocycles. The highest BCUT2D eigenvalue weighted by Gasteiger charge is 2.33.